The lowest BCUT2D eigenvalue weighted by molar-refractivity contribution is 0.620. The van der Waals surface area contributed by atoms with E-state index in [1.54, 1.807) is 30.5 Å². The molecule has 0 aliphatic carbocycles. The predicted molar refractivity (Wildman–Crippen MR) is 66.7 cm³/mol. The van der Waals surface area contributed by atoms with Gasteiger partial charge in [-0.25, -0.2) is 4.98 Å². The van der Waals surface area contributed by atoms with E-state index in [1.807, 2.05) is 6.07 Å². The standard InChI is InChI=1S/C12H8ClN3O/c13-8-4-1-3-7(10(8)14)12-16-11-9(17-12)5-2-6-15-11/h1-6H,14H2. The van der Waals surface area contributed by atoms with E-state index in [9.17, 15) is 0 Å². The third-order valence-electron chi connectivity index (χ3n) is 2.45. The van der Waals surface area contributed by atoms with Gasteiger partial charge >= 0.3 is 0 Å². The van der Waals surface area contributed by atoms with Gasteiger partial charge in [0.1, 0.15) is 0 Å². The summed E-state index contributed by atoms with van der Waals surface area (Å²) in [5.41, 5.74) is 8.20. The highest BCUT2D eigenvalue weighted by Gasteiger charge is 2.12. The molecule has 5 heteroatoms. The topological polar surface area (TPSA) is 64.9 Å². The first kappa shape index (κ1) is 10.1. The van der Waals surface area contributed by atoms with Crippen LogP contribution in [0.5, 0.6) is 0 Å². The predicted octanol–water partition coefficient (Wildman–Crippen LogP) is 3.13. The second-order valence-electron chi connectivity index (χ2n) is 3.55. The Bertz CT molecular complexity index is 660. The molecule has 2 heterocycles. The smallest absolute Gasteiger partial charge is 0.231 e. The van der Waals surface area contributed by atoms with Gasteiger partial charge in [-0.1, -0.05) is 17.7 Å². The zero-order valence-electron chi connectivity index (χ0n) is 8.72. The molecule has 0 spiro atoms. The first-order chi connectivity index (χ1) is 8.25. The van der Waals surface area contributed by atoms with E-state index in [4.69, 9.17) is 21.8 Å². The van der Waals surface area contributed by atoms with Crippen molar-refractivity contribution in [2.45, 2.75) is 0 Å². The van der Waals surface area contributed by atoms with Crippen LogP contribution < -0.4 is 5.73 Å². The number of halogens is 1. The minimum atomic E-state index is 0.429. The molecule has 0 bridgehead atoms. The van der Waals surface area contributed by atoms with Crippen LogP contribution in [-0.2, 0) is 0 Å². The van der Waals surface area contributed by atoms with Crippen LogP contribution in [0.1, 0.15) is 0 Å². The Morgan fingerprint density at radius 3 is 2.88 bits per heavy atom. The molecule has 3 aromatic rings. The zero-order valence-corrected chi connectivity index (χ0v) is 9.48. The van der Waals surface area contributed by atoms with Crippen LogP contribution in [0.3, 0.4) is 0 Å². The molecule has 0 aliphatic heterocycles. The number of nitrogens with two attached hydrogens (primary N) is 1. The lowest BCUT2D eigenvalue weighted by Gasteiger charge is -2.02. The van der Waals surface area contributed by atoms with Gasteiger partial charge in [0.15, 0.2) is 11.2 Å². The van der Waals surface area contributed by atoms with Crippen LogP contribution in [0.15, 0.2) is 40.9 Å². The molecule has 4 nitrogen and oxygen atoms in total. The normalized spacial score (nSPS) is 10.9. The Hall–Kier alpha value is -2.07. The fourth-order valence-corrected chi connectivity index (χ4v) is 1.78. The highest BCUT2D eigenvalue weighted by Crippen LogP contribution is 2.32. The second-order valence-corrected chi connectivity index (χ2v) is 3.95. The van der Waals surface area contributed by atoms with Crippen molar-refractivity contribution in [1.29, 1.82) is 0 Å². The molecule has 0 unspecified atom stereocenters. The maximum absolute atomic E-state index is 5.95. The first-order valence-electron chi connectivity index (χ1n) is 5.01. The van der Waals surface area contributed by atoms with Crippen LogP contribution >= 0.6 is 11.6 Å². The highest BCUT2D eigenvalue weighted by atomic mass is 35.5. The van der Waals surface area contributed by atoms with Crippen molar-refractivity contribution in [2.24, 2.45) is 0 Å². The molecule has 0 amide bonds. The van der Waals surface area contributed by atoms with Crippen molar-refractivity contribution in [2.75, 3.05) is 5.73 Å². The molecule has 2 N–H and O–H groups in total. The summed E-state index contributed by atoms with van der Waals surface area (Å²) in [6, 6.07) is 8.93. The van der Waals surface area contributed by atoms with E-state index in [0.29, 0.717) is 33.4 Å². The monoisotopic (exact) mass is 245 g/mol. The average Bonchev–Trinajstić information content (AvgIpc) is 2.76. The molecule has 84 valence electrons. The number of hydrogen-bond acceptors (Lipinski definition) is 4. The Labute approximate surface area is 102 Å². The van der Waals surface area contributed by atoms with Crippen LogP contribution in [0.25, 0.3) is 22.7 Å². The Morgan fingerprint density at radius 1 is 1.18 bits per heavy atom. The number of pyridine rings is 1. The maximum Gasteiger partial charge on any atom is 0.231 e. The zero-order chi connectivity index (χ0) is 11.8. The van der Waals surface area contributed by atoms with Gasteiger partial charge in [0, 0.05) is 6.20 Å². The second kappa shape index (κ2) is 3.75. The summed E-state index contributed by atoms with van der Waals surface area (Å²) >= 11 is 5.95. The summed E-state index contributed by atoms with van der Waals surface area (Å²) in [6.45, 7) is 0. The number of hydrogen-bond donors (Lipinski definition) is 1. The molecule has 2 aromatic heterocycles. The Balaban J connectivity index is 2.24. The summed E-state index contributed by atoms with van der Waals surface area (Å²) < 4.78 is 5.58. The number of benzene rings is 1. The lowest BCUT2D eigenvalue weighted by atomic mass is 10.2. The summed E-state index contributed by atoms with van der Waals surface area (Å²) in [6.07, 6.45) is 1.66. The molecule has 1 aromatic carbocycles. The van der Waals surface area contributed by atoms with E-state index in [1.165, 1.54) is 0 Å². The van der Waals surface area contributed by atoms with Gasteiger partial charge in [0.25, 0.3) is 0 Å². The van der Waals surface area contributed by atoms with Crippen LogP contribution in [0, 0.1) is 0 Å². The fraction of sp³-hybridized carbons (Fsp3) is 0. The number of oxazole rings is 1. The maximum atomic E-state index is 5.95. The Morgan fingerprint density at radius 2 is 2.06 bits per heavy atom. The van der Waals surface area contributed by atoms with Crippen molar-refractivity contribution in [3.63, 3.8) is 0 Å². The van der Waals surface area contributed by atoms with Gasteiger partial charge in [-0.05, 0) is 24.3 Å². The highest BCUT2D eigenvalue weighted by molar-refractivity contribution is 6.33. The first-order valence-corrected chi connectivity index (χ1v) is 5.39. The van der Waals surface area contributed by atoms with Crippen molar-refractivity contribution < 1.29 is 4.42 Å². The van der Waals surface area contributed by atoms with Crippen molar-refractivity contribution in [1.82, 2.24) is 9.97 Å². The molecule has 3 rings (SSSR count). The van der Waals surface area contributed by atoms with Gasteiger partial charge in [-0.15, -0.1) is 0 Å². The van der Waals surface area contributed by atoms with Crippen molar-refractivity contribution in [3.05, 3.63) is 41.6 Å². The van der Waals surface area contributed by atoms with Crippen molar-refractivity contribution in [3.8, 4) is 11.5 Å². The minimum absolute atomic E-state index is 0.429. The Kier molecular flexibility index (Phi) is 2.23. The third-order valence-corrected chi connectivity index (χ3v) is 2.78. The minimum Gasteiger partial charge on any atom is -0.434 e. The van der Waals surface area contributed by atoms with Crippen LogP contribution in [0.2, 0.25) is 5.02 Å². The van der Waals surface area contributed by atoms with Gasteiger partial charge in [-0.3, -0.25) is 0 Å². The molecule has 0 aliphatic rings. The average molecular weight is 246 g/mol. The summed E-state index contributed by atoms with van der Waals surface area (Å²) in [5.74, 6) is 0.429. The molecular formula is C12H8ClN3O. The SMILES string of the molecule is Nc1c(Cl)cccc1-c1nc2ncccc2o1. The number of para-hydroxylation sites is 1. The summed E-state index contributed by atoms with van der Waals surface area (Å²) in [7, 11) is 0. The number of fused-ring (bicyclic) bond motifs is 1. The third kappa shape index (κ3) is 1.62. The van der Waals surface area contributed by atoms with Crippen LogP contribution in [0.4, 0.5) is 5.69 Å². The van der Waals surface area contributed by atoms with Gasteiger partial charge < -0.3 is 10.2 Å². The summed E-state index contributed by atoms with van der Waals surface area (Å²) in [4.78, 5) is 8.37. The van der Waals surface area contributed by atoms with E-state index in [2.05, 4.69) is 9.97 Å². The van der Waals surface area contributed by atoms with Gasteiger partial charge in [0.2, 0.25) is 5.89 Å². The number of anilines is 1. The molecule has 17 heavy (non-hydrogen) atoms. The van der Waals surface area contributed by atoms with E-state index in [-0.39, 0.29) is 0 Å². The number of nitrogens with zero attached hydrogens (tertiary/aromatic N) is 2. The number of rotatable bonds is 1. The van der Waals surface area contributed by atoms with E-state index >= 15 is 0 Å². The molecule has 0 atom stereocenters. The summed E-state index contributed by atoms with van der Waals surface area (Å²) in [5, 5.41) is 0.484. The molecule has 0 fully saturated rings. The van der Waals surface area contributed by atoms with Crippen LogP contribution in [-0.4, -0.2) is 9.97 Å². The van der Waals surface area contributed by atoms with E-state index in [0.717, 1.165) is 0 Å². The largest absolute Gasteiger partial charge is 0.434 e. The quantitative estimate of drug-likeness (QED) is 0.669. The molecule has 0 saturated heterocycles. The lowest BCUT2D eigenvalue weighted by Crippen LogP contribution is -1.90. The molecule has 0 saturated carbocycles. The number of nitrogen functional groups attached to an aromatic ring is 1. The van der Waals surface area contributed by atoms with Crippen molar-refractivity contribution >= 4 is 28.5 Å². The van der Waals surface area contributed by atoms with Gasteiger partial charge in [0.05, 0.1) is 16.3 Å². The van der Waals surface area contributed by atoms with E-state index < -0.39 is 0 Å². The number of aromatic nitrogens is 2. The molecule has 0 radical (unpaired) electrons. The molecular weight excluding hydrogens is 238 g/mol. The van der Waals surface area contributed by atoms with Gasteiger partial charge in [-0.2, -0.15) is 4.98 Å². The fourth-order valence-electron chi connectivity index (χ4n) is 1.61.